The fourth-order valence-corrected chi connectivity index (χ4v) is 1.28. The summed E-state index contributed by atoms with van der Waals surface area (Å²) in [7, 11) is 0. The molecule has 16 nitrogen and oxygen atoms in total. The highest BCUT2D eigenvalue weighted by Crippen LogP contribution is 2.16. The Bertz CT molecular complexity index is 493. The highest BCUT2D eigenvalue weighted by Gasteiger charge is 2.13. The van der Waals surface area contributed by atoms with Crippen molar-refractivity contribution >= 4 is 23.9 Å². The standard InChI is InChI=1S/C10H6O8.4H3N.4H2O/c11-7(12)3-1-4(8(13)14)6(10(17)18)2-5(3)9(15)16;;;;;;;;/h1-2H,(H,11,12)(H,13,14)(H,15,16)(H,17,18);4*1H3;4*1H2. The Kier molecular flexibility index (Phi) is 34.5. The van der Waals surface area contributed by atoms with Gasteiger partial charge in [-0.3, -0.25) is 0 Å². The molecule has 0 amide bonds. The van der Waals surface area contributed by atoms with Crippen LogP contribution >= 0.6 is 0 Å². The SMILES string of the molecule is O.O.O.O.O=C([O-])c1cc(C(=O)[O-])c(C(=O)[O-])cc1C(=O)[O-].[NH4+].[NH4+].[NH4+].[NH4+]. The summed E-state index contributed by atoms with van der Waals surface area (Å²) in [6.07, 6.45) is 0. The van der Waals surface area contributed by atoms with E-state index in [9.17, 15) is 39.6 Å². The first kappa shape index (κ1) is 49.5. The third-order valence-electron chi connectivity index (χ3n) is 2.04. The van der Waals surface area contributed by atoms with E-state index >= 15 is 0 Å². The van der Waals surface area contributed by atoms with Gasteiger partial charge >= 0.3 is 0 Å². The maximum absolute atomic E-state index is 10.6. The van der Waals surface area contributed by atoms with Gasteiger partial charge in [0, 0.05) is 22.3 Å². The highest BCUT2D eigenvalue weighted by molar-refractivity contribution is 6.07. The van der Waals surface area contributed by atoms with Crippen molar-refractivity contribution in [3.8, 4) is 0 Å². The fourth-order valence-electron chi connectivity index (χ4n) is 1.28. The Hall–Kier alpha value is -3.22. The largest absolute Gasteiger partial charge is 0.545 e. The van der Waals surface area contributed by atoms with Gasteiger partial charge in [-0.05, 0) is 12.1 Å². The van der Waals surface area contributed by atoms with Crippen LogP contribution in [0.4, 0.5) is 0 Å². The van der Waals surface area contributed by atoms with E-state index < -0.39 is 46.1 Å². The zero-order chi connectivity index (χ0) is 14.0. The van der Waals surface area contributed by atoms with Crippen molar-refractivity contribution in [2.75, 3.05) is 0 Å². The Morgan fingerprint density at radius 1 is 0.462 bits per heavy atom. The average Bonchev–Trinajstić information content (AvgIpc) is 2.26. The first-order valence-corrected chi connectivity index (χ1v) is 4.29. The van der Waals surface area contributed by atoms with Crippen molar-refractivity contribution < 1.29 is 61.5 Å². The number of carboxylic acids is 4. The molecule has 16 heteroatoms. The van der Waals surface area contributed by atoms with Gasteiger partial charge in [0.25, 0.3) is 0 Å². The van der Waals surface area contributed by atoms with Gasteiger partial charge in [0.2, 0.25) is 0 Å². The van der Waals surface area contributed by atoms with E-state index in [1.165, 1.54) is 0 Å². The first-order chi connectivity index (χ1) is 8.25. The number of hydrogen-bond acceptors (Lipinski definition) is 8. The van der Waals surface area contributed by atoms with Crippen LogP contribution in [-0.2, 0) is 0 Å². The van der Waals surface area contributed by atoms with Crippen molar-refractivity contribution in [3.05, 3.63) is 34.4 Å². The Morgan fingerprint density at radius 3 is 0.654 bits per heavy atom. The molecular formula is C10H26N4O12. The minimum Gasteiger partial charge on any atom is -0.545 e. The maximum Gasteiger partial charge on any atom is 0.0722 e. The van der Waals surface area contributed by atoms with E-state index in [1.54, 1.807) is 0 Å². The number of carbonyl (C=O) groups is 4. The molecule has 0 bridgehead atoms. The summed E-state index contributed by atoms with van der Waals surface area (Å²) in [6.45, 7) is 0. The molecule has 0 heterocycles. The molecular weight excluding hydrogens is 368 g/mol. The van der Waals surface area contributed by atoms with Crippen LogP contribution < -0.4 is 45.0 Å². The maximum atomic E-state index is 10.6. The van der Waals surface area contributed by atoms with Crippen LogP contribution in [0.3, 0.4) is 0 Å². The summed E-state index contributed by atoms with van der Waals surface area (Å²) >= 11 is 0. The van der Waals surface area contributed by atoms with Gasteiger partial charge in [0.1, 0.15) is 0 Å². The average molecular weight is 394 g/mol. The predicted octanol–water partition coefficient (Wildman–Crippen LogP) is -6.65. The third kappa shape index (κ3) is 9.82. The highest BCUT2D eigenvalue weighted by atomic mass is 16.4. The van der Waals surface area contributed by atoms with E-state index in [1.807, 2.05) is 0 Å². The van der Waals surface area contributed by atoms with Crippen LogP contribution in [0, 0.1) is 0 Å². The molecule has 158 valence electrons. The molecule has 24 N–H and O–H groups in total. The van der Waals surface area contributed by atoms with Gasteiger partial charge in [0.05, 0.1) is 23.9 Å². The van der Waals surface area contributed by atoms with E-state index in [-0.39, 0.29) is 46.5 Å². The molecule has 0 aromatic heterocycles. The molecule has 0 saturated carbocycles. The van der Waals surface area contributed by atoms with Crippen molar-refractivity contribution in [2.45, 2.75) is 0 Å². The van der Waals surface area contributed by atoms with Crippen LogP contribution in [0.25, 0.3) is 0 Å². The molecule has 1 aromatic carbocycles. The molecule has 0 aliphatic heterocycles. The lowest BCUT2D eigenvalue weighted by molar-refractivity contribution is -0.261. The second kappa shape index (κ2) is 18.1. The first-order valence-electron chi connectivity index (χ1n) is 4.29. The Balaban J connectivity index is -0.0000000675. The number of hydrogen-bond donors (Lipinski definition) is 4. The van der Waals surface area contributed by atoms with Crippen LogP contribution in [0.2, 0.25) is 0 Å². The van der Waals surface area contributed by atoms with Crippen LogP contribution in [-0.4, -0.2) is 45.8 Å². The molecule has 0 aliphatic carbocycles. The lowest BCUT2D eigenvalue weighted by Crippen LogP contribution is -2.34. The fraction of sp³-hybridized carbons (Fsp3) is 0. The van der Waals surface area contributed by atoms with Gasteiger partial charge in [-0.2, -0.15) is 0 Å². The number of benzene rings is 1. The smallest absolute Gasteiger partial charge is 0.0722 e. The minimum atomic E-state index is -2.00. The molecule has 1 rings (SSSR count). The van der Waals surface area contributed by atoms with E-state index in [4.69, 9.17) is 0 Å². The molecule has 0 radical (unpaired) electrons. The molecule has 0 unspecified atom stereocenters. The van der Waals surface area contributed by atoms with Crippen molar-refractivity contribution in [1.29, 1.82) is 0 Å². The Morgan fingerprint density at radius 2 is 0.577 bits per heavy atom. The summed E-state index contributed by atoms with van der Waals surface area (Å²) < 4.78 is 0. The van der Waals surface area contributed by atoms with Gasteiger partial charge < -0.3 is 86.1 Å². The molecule has 26 heavy (non-hydrogen) atoms. The lowest BCUT2D eigenvalue weighted by Gasteiger charge is -2.18. The summed E-state index contributed by atoms with van der Waals surface area (Å²) in [5.41, 5.74) is -4.11. The number of rotatable bonds is 4. The molecule has 0 fully saturated rings. The van der Waals surface area contributed by atoms with E-state index in [2.05, 4.69) is 0 Å². The molecule has 0 atom stereocenters. The number of carbonyl (C=O) groups excluding carboxylic acids is 4. The molecule has 0 spiro atoms. The summed E-state index contributed by atoms with van der Waals surface area (Å²) in [5, 5.41) is 42.4. The second-order valence-corrected chi connectivity index (χ2v) is 3.09. The summed E-state index contributed by atoms with van der Waals surface area (Å²) in [6, 6.07) is 0.613. The predicted molar refractivity (Wildman–Crippen MR) is 82.2 cm³/mol. The lowest BCUT2D eigenvalue weighted by atomic mass is 9.98. The summed E-state index contributed by atoms with van der Waals surface area (Å²) in [4.78, 5) is 42.4. The monoisotopic (exact) mass is 394 g/mol. The van der Waals surface area contributed by atoms with Crippen LogP contribution in [0.1, 0.15) is 41.4 Å². The van der Waals surface area contributed by atoms with Crippen LogP contribution in [0.15, 0.2) is 12.1 Å². The van der Waals surface area contributed by atoms with Crippen molar-refractivity contribution in [1.82, 2.24) is 24.6 Å². The zero-order valence-corrected chi connectivity index (χ0v) is 14.4. The van der Waals surface area contributed by atoms with Gasteiger partial charge in [-0.25, -0.2) is 0 Å². The third-order valence-corrected chi connectivity index (χ3v) is 2.04. The van der Waals surface area contributed by atoms with Crippen molar-refractivity contribution in [3.63, 3.8) is 0 Å². The van der Waals surface area contributed by atoms with E-state index in [0.717, 1.165) is 0 Å². The van der Waals surface area contributed by atoms with Gasteiger partial charge in [0.15, 0.2) is 0 Å². The van der Waals surface area contributed by atoms with Crippen molar-refractivity contribution in [2.24, 2.45) is 0 Å². The van der Waals surface area contributed by atoms with E-state index in [0.29, 0.717) is 12.1 Å². The summed E-state index contributed by atoms with van der Waals surface area (Å²) in [5.74, 6) is -7.99. The minimum absolute atomic E-state index is 0. The van der Waals surface area contributed by atoms with Crippen LogP contribution in [0.5, 0.6) is 0 Å². The number of aromatic carboxylic acids is 4. The quantitative estimate of drug-likeness (QED) is 0.379. The molecule has 1 aromatic rings. The zero-order valence-electron chi connectivity index (χ0n) is 14.4. The number of carboxylic acid groups (broad SMARTS) is 4. The van der Waals surface area contributed by atoms with Gasteiger partial charge in [-0.1, -0.05) is 0 Å². The topological polar surface area (TPSA) is 433 Å². The second-order valence-electron chi connectivity index (χ2n) is 3.09. The normalized spacial score (nSPS) is 6.77. The Labute approximate surface area is 145 Å². The number of quaternary nitrogens is 4. The van der Waals surface area contributed by atoms with Gasteiger partial charge in [-0.15, -0.1) is 0 Å². The molecule has 0 saturated heterocycles. The molecule has 0 aliphatic rings.